The highest BCUT2D eigenvalue weighted by Gasteiger charge is 2.07. The van der Waals surface area contributed by atoms with Crippen molar-refractivity contribution in [1.29, 1.82) is 0 Å². The summed E-state index contributed by atoms with van der Waals surface area (Å²) in [6.07, 6.45) is 1.12. The van der Waals surface area contributed by atoms with Gasteiger partial charge in [0, 0.05) is 11.9 Å². The first-order valence-electron chi connectivity index (χ1n) is 6.49. The molecule has 0 saturated carbocycles. The van der Waals surface area contributed by atoms with Crippen LogP contribution in [0.4, 0.5) is 0 Å². The molecule has 1 heterocycles. The minimum atomic E-state index is -0.323. The first kappa shape index (κ1) is 13.5. The van der Waals surface area contributed by atoms with E-state index < -0.39 is 0 Å². The van der Waals surface area contributed by atoms with Crippen molar-refractivity contribution in [2.24, 2.45) is 0 Å². The van der Waals surface area contributed by atoms with Gasteiger partial charge in [0.2, 0.25) is 0 Å². The molecular formula is C15H18N2O2. The smallest absolute Gasteiger partial charge is 0.269 e. The molecule has 4 heteroatoms. The number of rotatable bonds is 5. The van der Waals surface area contributed by atoms with Crippen LogP contribution in [-0.4, -0.2) is 28.6 Å². The minimum absolute atomic E-state index is 0.170. The maximum absolute atomic E-state index is 11.9. The van der Waals surface area contributed by atoms with Crippen LogP contribution in [0.2, 0.25) is 0 Å². The predicted octanol–water partition coefficient (Wildman–Crippen LogP) is 2.13. The normalized spacial score (nSPS) is 12.3. The Hall–Kier alpha value is -1.94. The fourth-order valence-corrected chi connectivity index (χ4v) is 1.88. The van der Waals surface area contributed by atoms with Gasteiger partial charge in [0.25, 0.3) is 5.91 Å². The molecule has 1 amide bonds. The van der Waals surface area contributed by atoms with Crippen molar-refractivity contribution < 1.29 is 9.90 Å². The van der Waals surface area contributed by atoms with Crippen molar-refractivity contribution in [1.82, 2.24) is 10.3 Å². The summed E-state index contributed by atoms with van der Waals surface area (Å²) in [5.41, 5.74) is 1.25. The molecule has 0 aliphatic carbocycles. The summed E-state index contributed by atoms with van der Waals surface area (Å²) >= 11 is 0. The summed E-state index contributed by atoms with van der Waals surface area (Å²) in [4.78, 5) is 16.2. The van der Waals surface area contributed by atoms with Gasteiger partial charge in [-0.15, -0.1) is 0 Å². The highest BCUT2D eigenvalue weighted by molar-refractivity contribution is 5.94. The van der Waals surface area contributed by atoms with E-state index >= 15 is 0 Å². The zero-order valence-corrected chi connectivity index (χ0v) is 11.0. The van der Waals surface area contributed by atoms with E-state index in [1.165, 1.54) is 0 Å². The standard InChI is InChI=1S/C15H18N2O2/c1-11(18)5-4-10-16-15(19)14-9-8-12-6-2-3-7-13(12)17-14/h2-3,6-9,11,18H,4-5,10H2,1H3,(H,16,19). The number of hydrogen-bond donors (Lipinski definition) is 2. The van der Waals surface area contributed by atoms with E-state index in [0.29, 0.717) is 18.7 Å². The van der Waals surface area contributed by atoms with Gasteiger partial charge in [-0.3, -0.25) is 4.79 Å². The molecular weight excluding hydrogens is 240 g/mol. The van der Waals surface area contributed by atoms with Gasteiger partial charge in [0.05, 0.1) is 11.6 Å². The lowest BCUT2D eigenvalue weighted by atomic mass is 10.2. The summed E-state index contributed by atoms with van der Waals surface area (Å²) in [6, 6.07) is 11.3. The number of nitrogens with one attached hydrogen (secondary N) is 1. The number of aliphatic hydroxyl groups excluding tert-OH is 1. The van der Waals surface area contributed by atoms with Crippen molar-refractivity contribution in [3.8, 4) is 0 Å². The summed E-state index contributed by atoms with van der Waals surface area (Å²) in [7, 11) is 0. The number of aliphatic hydroxyl groups is 1. The van der Waals surface area contributed by atoms with Crippen molar-refractivity contribution in [3.63, 3.8) is 0 Å². The largest absolute Gasteiger partial charge is 0.393 e. The Balaban J connectivity index is 1.97. The fourth-order valence-electron chi connectivity index (χ4n) is 1.88. The Labute approximate surface area is 112 Å². The molecule has 2 rings (SSSR count). The van der Waals surface area contributed by atoms with Crippen LogP contribution < -0.4 is 5.32 Å². The Morgan fingerprint density at radius 3 is 2.89 bits per heavy atom. The van der Waals surface area contributed by atoms with Crippen molar-refractivity contribution in [3.05, 3.63) is 42.1 Å². The van der Waals surface area contributed by atoms with E-state index in [1.807, 2.05) is 30.3 Å². The molecule has 0 radical (unpaired) electrons. The Morgan fingerprint density at radius 1 is 1.32 bits per heavy atom. The molecule has 0 fully saturated rings. The molecule has 2 aromatic rings. The van der Waals surface area contributed by atoms with Crippen LogP contribution in [-0.2, 0) is 0 Å². The number of benzene rings is 1. The number of carbonyl (C=O) groups is 1. The predicted molar refractivity (Wildman–Crippen MR) is 75.0 cm³/mol. The van der Waals surface area contributed by atoms with Gasteiger partial charge in [0.1, 0.15) is 5.69 Å². The lowest BCUT2D eigenvalue weighted by molar-refractivity contribution is 0.0945. The van der Waals surface area contributed by atoms with Crippen molar-refractivity contribution in [2.45, 2.75) is 25.9 Å². The Bertz CT molecular complexity index is 567. The van der Waals surface area contributed by atoms with Gasteiger partial charge < -0.3 is 10.4 Å². The monoisotopic (exact) mass is 258 g/mol. The summed E-state index contributed by atoms with van der Waals surface area (Å²) < 4.78 is 0. The van der Waals surface area contributed by atoms with Crippen LogP contribution in [0.3, 0.4) is 0 Å². The van der Waals surface area contributed by atoms with Gasteiger partial charge >= 0.3 is 0 Å². The third kappa shape index (κ3) is 3.76. The van der Waals surface area contributed by atoms with Crippen molar-refractivity contribution in [2.75, 3.05) is 6.54 Å². The van der Waals surface area contributed by atoms with Crippen LogP contribution in [0.1, 0.15) is 30.3 Å². The molecule has 0 spiro atoms. The van der Waals surface area contributed by atoms with E-state index in [0.717, 1.165) is 17.3 Å². The van der Waals surface area contributed by atoms with Gasteiger partial charge in [-0.05, 0) is 31.9 Å². The zero-order chi connectivity index (χ0) is 13.7. The van der Waals surface area contributed by atoms with Gasteiger partial charge in [-0.2, -0.15) is 0 Å². The van der Waals surface area contributed by atoms with E-state index in [-0.39, 0.29) is 12.0 Å². The third-order valence-electron chi connectivity index (χ3n) is 2.92. The molecule has 1 unspecified atom stereocenters. The molecule has 100 valence electrons. The number of pyridine rings is 1. The maximum atomic E-state index is 11.9. The van der Waals surface area contributed by atoms with Crippen LogP contribution in [0.25, 0.3) is 10.9 Å². The van der Waals surface area contributed by atoms with Gasteiger partial charge in [0.15, 0.2) is 0 Å². The first-order valence-corrected chi connectivity index (χ1v) is 6.49. The fraction of sp³-hybridized carbons (Fsp3) is 0.333. The first-order chi connectivity index (χ1) is 9.16. The molecule has 1 aromatic carbocycles. The van der Waals surface area contributed by atoms with Gasteiger partial charge in [-0.25, -0.2) is 4.98 Å². The van der Waals surface area contributed by atoms with Gasteiger partial charge in [-0.1, -0.05) is 24.3 Å². The number of aromatic nitrogens is 1. The lowest BCUT2D eigenvalue weighted by Crippen LogP contribution is -2.25. The number of hydrogen-bond acceptors (Lipinski definition) is 3. The second kappa shape index (κ2) is 6.29. The van der Waals surface area contributed by atoms with Crippen LogP contribution in [0, 0.1) is 0 Å². The van der Waals surface area contributed by atoms with Crippen LogP contribution in [0.15, 0.2) is 36.4 Å². The van der Waals surface area contributed by atoms with E-state index in [1.54, 1.807) is 13.0 Å². The highest BCUT2D eigenvalue weighted by Crippen LogP contribution is 2.11. The number of fused-ring (bicyclic) bond motifs is 1. The molecule has 0 aliphatic rings. The summed E-state index contributed by atoms with van der Waals surface area (Å²) in [5, 5.41) is 13.0. The van der Waals surface area contributed by atoms with E-state index in [9.17, 15) is 4.79 Å². The third-order valence-corrected chi connectivity index (χ3v) is 2.92. The zero-order valence-electron chi connectivity index (χ0n) is 11.0. The second-order valence-corrected chi connectivity index (χ2v) is 4.64. The Kier molecular flexibility index (Phi) is 4.47. The molecule has 19 heavy (non-hydrogen) atoms. The van der Waals surface area contributed by atoms with Crippen LogP contribution in [0.5, 0.6) is 0 Å². The number of nitrogens with zero attached hydrogens (tertiary/aromatic N) is 1. The average Bonchev–Trinajstić information content (AvgIpc) is 2.42. The SMILES string of the molecule is CC(O)CCCNC(=O)c1ccc2ccccc2n1. The molecule has 0 bridgehead atoms. The number of para-hydroxylation sites is 1. The Morgan fingerprint density at radius 2 is 2.11 bits per heavy atom. The van der Waals surface area contributed by atoms with Crippen molar-refractivity contribution >= 4 is 16.8 Å². The molecule has 2 N–H and O–H groups in total. The highest BCUT2D eigenvalue weighted by atomic mass is 16.3. The van der Waals surface area contributed by atoms with E-state index in [4.69, 9.17) is 5.11 Å². The minimum Gasteiger partial charge on any atom is -0.393 e. The van der Waals surface area contributed by atoms with E-state index in [2.05, 4.69) is 10.3 Å². The number of carbonyl (C=O) groups excluding carboxylic acids is 1. The molecule has 0 saturated heterocycles. The second-order valence-electron chi connectivity index (χ2n) is 4.64. The molecule has 4 nitrogen and oxygen atoms in total. The molecule has 1 atom stereocenters. The molecule has 1 aromatic heterocycles. The maximum Gasteiger partial charge on any atom is 0.269 e. The van der Waals surface area contributed by atoms with Crippen LogP contribution >= 0.6 is 0 Å². The summed E-state index contributed by atoms with van der Waals surface area (Å²) in [5.74, 6) is -0.170. The summed E-state index contributed by atoms with van der Waals surface area (Å²) in [6.45, 7) is 2.30. The lowest BCUT2D eigenvalue weighted by Gasteiger charge is -2.06. The quantitative estimate of drug-likeness (QED) is 0.808. The topological polar surface area (TPSA) is 62.2 Å². The molecule has 0 aliphatic heterocycles. The number of amides is 1. The average molecular weight is 258 g/mol.